The average Bonchev–Trinajstić information content (AvgIpc) is 3.05. The number of β-amino-alcohol motifs (C(OH)–C–C–N with tert-alkyl or cyclic N) is 1. The molecule has 17 heavy (non-hydrogen) atoms. The quantitative estimate of drug-likeness (QED) is 0.665. The van der Waals surface area contributed by atoms with E-state index < -0.39 is 21.6 Å². The summed E-state index contributed by atoms with van der Waals surface area (Å²) >= 11 is 0. The highest BCUT2D eigenvalue weighted by atomic mass is 32.2. The lowest BCUT2D eigenvalue weighted by Crippen LogP contribution is -2.64. The van der Waals surface area contributed by atoms with Crippen LogP contribution in [0.5, 0.6) is 0 Å². The predicted molar refractivity (Wildman–Crippen MR) is 59.7 cm³/mol. The molecule has 1 saturated heterocycles. The Balaban J connectivity index is 1.84. The molecular formula is C10H17NO5S. The Labute approximate surface area is 101 Å². The molecule has 98 valence electrons. The Hall–Kier alpha value is -0.660. The molecule has 0 amide bonds. The Morgan fingerprint density at radius 1 is 1.47 bits per heavy atom. The normalized spacial score (nSPS) is 24.1. The second-order valence-corrected chi connectivity index (χ2v) is 6.88. The Bertz CT molecular complexity index is 408. The van der Waals surface area contributed by atoms with Gasteiger partial charge >= 0.3 is 5.97 Å². The number of hydrogen-bond acceptors (Lipinski definition) is 5. The van der Waals surface area contributed by atoms with Gasteiger partial charge in [-0.1, -0.05) is 0 Å². The third kappa shape index (κ3) is 2.61. The number of methoxy groups -OCH3 is 1. The minimum atomic E-state index is -3.43. The van der Waals surface area contributed by atoms with E-state index in [4.69, 9.17) is 0 Å². The van der Waals surface area contributed by atoms with Gasteiger partial charge in [-0.05, 0) is 18.8 Å². The van der Waals surface area contributed by atoms with Gasteiger partial charge in [0.1, 0.15) is 0 Å². The molecule has 0 aromatic rings. The maximum Gasteiger partial charge on any atom is 0.306 e. The van der Waals surface area contributed by atoms with Gasteiger partial charge in [0.05, 0.1) is 24.9 Å². The van der Waals surface area contributed by atoms with E-state index in [2.05, 4.69) is 4.74 Å². The van der Waals surface area contributed by atoms with Crippen LogP contribution in [0.15, 0.2) is 0 Å². The maximum atomic E-state index is 11.8. The van der Waals surface area contributed by atoms with E-state index in [-0.39, 0.29) is 31.2 Å². The molecule has 2 fully saturated rings. The molecule has 7 heteroatoms. The number of carbonyl (C=O) groups is 1. The van der Waals surface area contributed by atoms with Crippen molar-refractivity contribution < 1.29 is 23.1 Å². The first kappa shape index (κ1) is 12.8. The Morgan fingerprint density at radius 2 is 2.06 bits per heavy atom. The summed E-state index contributed by atoms with van der Waals surface area (Å²) < 4.78 is 29.2. The predicted octanol–water partition coefficient (Wildman–Crippen LogP) is -0.664. The number of hydrogen-bond donors (Lipinski definition) is 1. The molecule has 1 N–H and O–H groups in total. The summed E-state index contributed by atoms with van der Waals surface area (Å²) in [5.41, 5.74) is -0.821. The molecule has 2 rings (SSSR count). The first-order chi connectivity index (χ1) is 7.87. The van der Waals surface area contributed by atoms with Crippen molar-refractivity contribution in [2.24, 2.45) is 5.92 Å². The molecule has 0 unspecified atom stereocenters. The summed E-state index contributed by atoms with van der Waals surface area (Å²) in [6.45, 7) is 0.336. The van der Waals surface area contributed by atoms with E-state index in [9.17, 15) is 18.3 Å². The third-order valence-electron chi connectivity index (χ3n) is 3.42. The minimum Gasteiger partial charge on any atom is -0.469 e. The number of sulfonamides is 1. The summed E-state index contributed by atoms with van der Waals surface area (Å²) in [7, 11) is -2.21. The number of nitrogens with zero attached hydrogens (tertiary/aromatic N) is 1. The second-order valence-electron chi connectivity index (χ2n) is 4.79. The number of rotatable bonds is 5. The van der Waals surface area contributed by atoms with Gasteiger partial charge in [-0.15, -0.1) is 0 Å². The van der Waals surface area contributed by atoms with Gasteiger partial charge in [-0.2, -0.15) is 4.31 Å². The third-order valence-corrected chi connectivity index (χ3v) is 5.19. The molecule has 0 bridgehead atoms. The van der Waals surface area contributed by atoms with Gasteiger partial charge in [-0.3, -0.25) is 4.79 Å². The van der Waals surface area contributed by atoms with Gasteiger partial charge in [0.25, 0.3) is 0 Å². The molecule has 1 heterocycles. The molecule has 1 aliphatic heterocycles. The molecule has 1 saturated carbocycles. The summed E-state index contributed by atoms with van der Waals surface area (Å²) in [5, 5.41) is 10.0. The van der Waals surface area contributed by atoms with E-state index in [1.54, 1.807) is 0 Å². The van der Waals surface area contributed by atoms with Gasteiger partial charge in [0.2, 0.25) is 10.0 Å². The first-order valence-electron chi connectivity index (χ1n) is 5.64. The highest BCUT2D eigenvalue weighted by Crippen LogP contribution is 2.45. The van der Waals surface area contributed by atoms with Crippen molar-refractivity contribution in [2.75, 3.05) is 26.0 Å². The van der Waals surface area contributed by atoms with Crippen LogP contribution in [-0.2, 0) is 19.6 Å². The van der Waals surface area contributed by atoms with Crippen LogP contribution in [0, 0.1) is 5.92 Å². The topological polar surface area (TPSA) is 83.9 Å². The Morgan fingerprint density at radius 3 is 2.53 bits per heavy atom. The van der Waals surface area contributed by atoms with Crippen LogP contribution < -0.4 is 0 Å². The number of ether oxygens (including phenoxy) is 1. The van der Waals surface area contributed by atoms with E-state index >= 15 is 0 Å². The van der Waals surface area contributed by atoms with Gasteiger partial charge < -0.3 is 9.84 Å². The minimum absolute atomic E-state index is 0.142. The van der Waals surface area contributed by atoms with Crippen molar-refractivity contribution in [3.8, 4) is 0 Å². The second kappa shape index (κ2) is 4.22. The van der Waals surface area contributed by atoms with Crippen LogP contribution >= 0.6 is 0 Å². The lowest BCUT2D eigenvalue weighted by molar-refractivity contribution is -0.140. The number of aliphatic hydroxyl groups is 1. The summed E-state index contributed by atoms with van der Waals surface area (Å²) in [6.07, 6.45) is 1.82. The zero-order chi connectivity index (χ0) is 12.7. The van der Waals surface area contributed by atoms with Crippen molar-refractivity contribution in [1.82, 2.24) is 4.31 Å². The average molecular weight is 263 g/mol. The van der Waals surface area contributed by atoms with Crippen molar-refractivity contribution in [2.45, 2.75) is 24.9 Å². The SMILES string of the molecule is COC(=O)CCS(=O)(=O)N1CC(O)(C2CC2)C1. The fraction of sp³-hybridized carbons (Fsp3) is 0.900. The Kier molecular flexibility index (Phi) is 3.17. The molecule has 0 aromatic carbocycles. The molecular weight excluding hydrogens is 246 g/mol. The lowest BCUT2D eigenvalue weighted by Gasteiger charge is -2.45. The van der Waals surface area contributed by atoms with Crippen molar-refractivity contribution in [1.29, 1.82) is 0 Å². The van der Waals surface area contributed by atoms with Crippen LogP contribution in [0.4, 0.5) is 0 Å². The van der Waals surface area contributed by atoms with Crippen molar-refractivity contribution in [3.63, 3.8) is 0 Å². The molecule has 1 aliphatic carbocycles. The van der Waals surface area contributed by atoms with Crippen molar-refractivity contribution >= 4 is 16.0 Å². The van der Waals surface area contributed by atoms with Gasteiger partial charge in [-0.25, -0.2) is 8.42 Å². The molecule has 0 radical (unpaired) electrons. The smallest absolute Gasteiger partial charge is 0.306 e. The molecule has 0 spiro atoms. The number of carbonyl (C=O) groups excluding carboxylic acids is 1. The molecule has 0 aromatic heterocycles. The van der Waals surface area contributed by atoms with E-state index in [0.717, 1.165) is 12.8 Å². The highest BCUT2D eigenvalue weighted by molar-refractivity contribution is 7.89. The monoisotopic (exact) mass is 263 g/mol. The fourth-order valence-corrected chi connectivity index (χ4v) is 3.61. The van der Waals surface area contributed by atoms with Crippen LogP contribution in [0.1, 0.15) is 19.3 Å². The van der Waals surface area contributed by atoms with E-state index in [0.29, 0.717) is 0 Å². The highest BCUT2D eigenvalue weighted by Gasteiger charge is 2.54. The number of esters is 1. The molecule has 6 nitrogen and oxygen atoms in total. The van der Waals surface area contributed by atoms with Crippen LogP contribution in [0.25, 0.3) is 0 Å². The zero-order valence-corrected chi connectivity index (χ0v) is 10.6. The zero-order valence-electron chi connectivity index (χ0n) is 9.76. The first-order valence-corrected chi connectivity index (χ1v) is 7.25. The van der Waals surface area contributed by atoms with Crippen LogP contribution in [0.3, 0.4) is 0 Å². The fourth-order valence-electron chi connectivity index (χ4n) is 2.08. The summed E-state index contributed by atoms with van der Waals surface area (Å²) in [5.74, 6) is -0.526. The molecule has 0 atom stereocenters. The standard InChI is InChI=1S/C10H17NO5S/c1-16-9(12)4-5-17(14,15)11-6-10(13,7-11)8-2-3-8/h8,13H,2-7H2,1H3. The summed E-state index contributed by atoms with van der Waals surface area (Å²) in [6, 6.07) is 0. The maximum absolute atomic E-state index is 11.8. The van der Waals surface area contributed by atoms with Gasteiger partial charge in [0, 0.05) is 13.1 Å². The molecule has 2 aliphatic rings. The van der Waals surface area contributed by atoms with Gasteiger partial charge in [0.15, 0.2) is 0 Å². The lowest BCUT2D eigenvalue weighted by atomic mass is 9.91. The van der Waals surface area contributed by atoms with E-state index in [1.807, 2.05) is 0 Å². The van der Waals surface area contributed by atoms with E-state index in [1.165, 1.54) is 11.4 Å². The largest absolute Gasteiger partial charge is 0.469 e. The van der Waals surface area contributed by atoms with Crippen molar-refractivity contribution in [3.05, 3.63) is 0 Å². The van der Waals surface area contributed by atoms with Crippen LogP contribution in [0.2, 0.25) is 0 Å². The van der Waals surface area contributed by atoms with Crippen LogP contribution in [-0.4, -0.2) is 55.4 Å². The summed E-state index contributed by atoms with van der Waals surface area (Å²) in [4.78, 5) is 10.9.